The van der Waals surface area contributed by atoms with Crippen LogP contribution in [0.4, 0.5) is 0 Å². The molecule has 0 aromatic heterocycles. The first-order valence-corrected chi connectivity index (χ1v) is 7.18. The van der Waals surface area contributed by atoms with E-state index in [0.29, 0.717) is 6.61 Å². The van der Waals surface area contributed by atoms with E-state index in [1.807, 2.05) is 21.0 Å². The molecule has 0 saturated heterocycles. The molecule has 0 spiro atoms. The second-order valence-corrected chi connectivity index (χ2v) is 5.45. The molecule has 0 aromatic rings. The summed E-state index contributed by atoms with van der Waals surface area (Å²) in [6, 6.07) is 0. The van der Waals surface area contributed by atoms with Gasteiger partial charge in [-0.1, -0.05) is 25.7 Å². The third-order valence-electron chi connectivity index (χ3n) is 3.65. The summed E-state index contributed by atoms with van der Waals surface area (Å²) >= 11 is 0. The Hall–Kier alpha value is -0.610. The fraction of sp³-hybridized carbons (Fsp3) is 0.929. The van der Waals surface area contributed by atoms with Gasteiger partial charge >= 0.3 is 5.97 Å². The van der Waals surface area contributed by atoms with E-state index in [4.69, 9.17) is 4.74 Å². The highest BCUT2D eigenvalue weighted by atomic mass is 16.5. The van der Waals surface area contributed by atoms with Gasteiger partial charge in [0.2, 0.25) is 0 Å². The van der Waals surface area contributed by atoms with Crippen molar-refractivity contribution in [2.75, 3.05) is 33.8 Å². The number of likely N-dealkylation sites (N-methyl/N-ethyl adjacent to an activating group) is 1. The topological polar surface area (TPSA) is 41.6 Å². The highest BCUT2D eigenvalue weighted by Crippen LogP contribution is 2.28. The normalized spacial score (nSPS) is 19.6. The number of ether oxygens (including phenoxy) is 1. The maximum atomic E-state index is 12.3. The number of nitrogens with one attached hydrogen (secondary N) is 1. The van der Waals surface area contributed by atoms with E-state index in [1.54, 1.807) is 0 Å². The molecule has 0 aliphatic heterocycles. The summed E-state index contributed by atoms with van der Waals surface area (Å²) < 4.78 is 5.28. The Morgan fingerprint density at radius 2 is 1.83 bits per heavy atom. The van der Waals surface area contributed by atoms with Crippen LogP contribution in [0.15, 0.2) is 0 Å². The average Bonchev–Trinajstić information content (AvgIpc) is 2.55. The Bertz CT molecular complexity index is 246. The highest BCUT2D eigenvalue weighted by Gasteiger charge is 2.39. The first-order chi connectivity index (χ1) is 8.60. The van der Waals surface area contributed by atoms with Gasteiger partial charge in [0.1, 0.15) is 5.54 Å². The minimum Gasteiger partial charge on any atom is -0.465 e. The van der Waals surface area contributed by atoms with Crippen LogP contribution in [0.1, 0.15) is 45.4 Å². The van der Waals surface area contributed by atoms with E-state index >= 15 is 0 Å². The van der Waals surface area contributed by atoms with Crippen LogP contribution in [0, 0.1) is 0 Å². The first-order valence-electron chi connectivity index (χ1n) is 7.18. The lowest BCUT2D eigenvalue weighted by atomic mass is 9.90. The van der Waals surface area contributed by atoms with Crippen molar-refractivity contribution in [3.05, 3.63) is 0 Å². The van der Waals surface area contributed by atoms with Crippen LogP contribution < -0.4 is 5.32 Å². The fourth-order valence-corrected chi connectivity index (χ4v) is 2.57. The molecule has 1 fully saturated rings. The predicted octanol–water partition coefficient (Wildman–Crippen LogP) is 1.79. The number of hydrogen-bond acceptors (Lipinski definition) is 4. The van der Waals surface area contributed by atoms with Crippen molar-refractivity contribution in [2.24, 2.45) is 0 Å². The molecule has 0 atom stereocenters. The fourth-order valence-electron chi connectivity index (χ4n) is 2.57. The predicted molar refractivity (Wildman–Crippen MR) is 73.6 cm³/mol. The molecule has 4 nitrogen and oxygen atoms in total. The molecule has 0 amide bonds. The summed E-state index contributed by atoms with van der Waals surface area (Å²) in [4.78, 5) is 14.4. The summed E-state index contributed by atoms with van der Waals surface area (Å²) in [6.45, 7) is 4.13. The highest BCUT2D eigenvalue weighted by molar-refractivity contribution is 5.80. The van der Waals surface area contributed by atoms with Crippen LogP contribution >= 0.6 is 0 Å². The molecule has 1 aliphatic rings. The Kier molecular flexibility index (Phi) is 6.65. The van der Waals surface area contributed by atoms with Crippen molar-refractivity contribution >= 4 is 5.97 Å². The maximum Gasteiger partial charge on any atom is 0.326 e. The standard InChI is InChI=1S/C14H28N2O2/c1-4-18-13(17)14(15-11-12-16(2)3)9-7-5-6-8-10-14/h15H,4-12H2,1-3H3. The van der Waals surface area contributed by atoms with Gasteiger partial charge in [0, 0.05) is 13.1 Å². The lowest BCUT2D eigenvalue weighted by molar-refractivity contribution is -0.152. The van der Waals surface area contributed by atoms with E-state index in [1.165, 1.54) is 12.8 Å². The summed E-state index contributed by atoms with van der Waals surface area (Å²) in [6.07, 6.45) is 6.53. The molecule has 18 heavy (non-hydrogen) atoms. The number of rotatable bonds is 6. The Morgan fingerprint density at radius 1 is 1.22 bits per heavy atom. The molecular weight excluding hydrogens is 228 g/mol. The second kappa shape index (κ2) is 7.74. The van der Waals surface area contributed by atoms with Crippen molar-refractivity contribution in [1.29, 1.82) is 0 Å². The number of esters is 1. The minimum atomic E-state index is -0.428. The number of hydrogen-bond donors (Lipinski definition) is 1. The monoisotopic (exact) mass is 256 g/mol. The minimum absolute atomic E-state index is 0.0503. The molecule has 4 heteroatoms. The molecule has 1 N–H and O–H groups in total. The molecule has 1 rings (SSSR count). The zero-order valence-corrected chi connectivity index (χ0v) is 12.1. The van der Waals surface area contributed by atoms with Crippen LogP contribution in [-0.4, -0.2) is 50.2 Å². The molecule has 0 radical (unpaired) electrons. The van der Waals surface area contributed by atoms with E-state index in [0.717, 1.165) is 38.8 Å². The van der Waals surface area contributed by atoms with Gasteiger partial charge in [-0.05, 0) is 33.9 Å². The second-order valence-electron chi connectivity index (χ2n) is 5.45. The van der Waals surface area contributed by atoms with E-state index < -0.39 is 5.54 Å². The smallest absolute Gasteiger partial charge is 0.326 e. The molecule has 0 heterocycles. The van der Waals surface area contributed by atoms with Crippen molar-refractivity contribution < 1.29 is 9.53 Å². The third kappa shape index (κ3) is 4.58. The SMILES string of the molecule is CCOC(=O)C1(NCCN(C)C)CCCCCC1. The molecule has 0 aromatic carbocycles. The van der Waals surface area contributed by atoms with Crippen molar-refractivity contribution in [3.63, 3.8) is 0 Å². The largest absolute Gasteiger partial charge is 0.465 e. The molecule has 1 aliphatic carbocycles. The van der Waals surface area contributed by atoms with Crippen molar-refractivity contribution in [2.45, 2.75) is 51.0 Å². The van der Waals surface area contributed by atoms with Gasteiger partial charge in [0.15, 0.2) is 0 Å². The zero-order chi connectivity index (χ0) is 13.4. The molecular formula is C14H28N2O2. The molecule has 0 unspecified atom stereocenters. The van der Waals surface area contributed by atoms with Crippen molar-refractivity contribution in [3.8, 4) is 0 Å². The number of carbonyl (C=O) groups excluding carboxylic acids is 1. The van der Waals surface area contributed by atoms with Gasteiger partial charge in [-0.3, -0.25) is 4.79 Å². The Balaban J connectivity index is 2.62. The quantitative estimate of drug-likeness (QED) is 0.581. The number of carbonyl (C=O) groups is 1. The Morgan fingerprint density at radius 3 is 2.33 bits per heavy atom. The van der Waals surface area contributed by atoms with Gasteiger partial charge in [0.25, 0.3) is 0 Å². The van der Waals surface area contributed by atoms with Gasteiger partial charge in [-0.25, -0.2) is 0 Å². The summed E-state index contributed by atoms with van der Waals surface area (Å²) in [7, 11) is 4.09. The van der Waals surface area contributed by atoms with Gasteiger partial charge in [-0.15, -0.1) is 0 Å². The summed E-state index contributed by atoms with van der Waals surface area (Å²) in [5, 5.41) is 3.47. The summed E-state index contributed by atoms with van der Waals surface area (Å²) in [5.41, 5.74) is -0.428. The summed E-state index contributed by atoms with van der Waals surface area (Å²) in [5.74, 6) is -0.0503. The van der Waals surface area contributed by atoms with Crippen LogP contribution in [0.5, 0.6) is 0 Å². The molecule has 106 valence electrons. The lowest BCUT2D eigenvalue weighted by Gasteiger charge is -2.32. The Labute approximate surface area is 111 Å². The number of nitrogens with zero attached hydrogens (tertiary/aromatic N) is 1. The van der Waals surface area contributed by atoms with E-state index in [2.05, 4.69) is 10.2 Å². The molecule has 1 saturated carbocycles. The van der Waals surface area contributed by atoms with Crippen LogP contribution in [0.2, 0.25) is 0 Å². The van der Waals surface area contributed by atoms with Crippen LogP contribution in [0.25, 0.3) is 0 Å². The van der Waals surface area contributed by atoms with E-state index in [-0.39, 0.29) is 5.97 Å². The van der Waals surface area contributed by atoms with Gasteiger partial charge < -0.3 is 15.0 Å². The lowest BCUT2D eigenvalue weighted by Crippen LogP contribution is -2.54. The van der Waals surface area contributed by atoms with Gasteiger partial charge in [0.05, 0.1) is 6.61 Å². The average molecular weight is 256 g/mol. The van der Waals surface area contributed by atoms with E-state index in [9.17, 15) is 4.79 Å². The first kappa shape index (κ1) is 15.4. The third-order valence-corrected chi connectivity index (χ3v) is 3.65. The van der Waals surface area contributed by atoms with Crippen LogP contribution in [0.3, 0.4) is 0 Å². The molecule has 0 bridgehead atoms. The maximum absolute atomic E-state index is 12.3. The van der Waals surface area contributed by atoms with Crippen LogP contribution in [-0.2, 0) is 9.53 Å². The zero-order valence-electron chi connectivity index (χ0n) is 12.1. The van der Waals surface area contributed by atoms with Gasteiger partial charge in [-0.2, -0.15) is 0 Å². The van der Waals surface area contributed by atoms with Crippen molar-refractivity contribution in [1.82, 2.24) is 10.2 Å².